The Morgan fingerprint density at radius 2 is 1.94 bits per heavy atom. The summed E-state index contributed by atoms with van der Waals surface area (Å²) in [4.78, 5) is 21.9. The predicted octanol–water partition coefficient (Wildman–Crippen LogP) is 5.05. The fourth-order valence-electron chi connectivity index (χ4n) is 8.33. The van der Waals surface area contributed by atoms with Crippen molar-refractivity contribution in [2.45, 2.75) is 91.2 Å². The molecule has 6 nitrogen and oxygen atoms in total. The maximum absolute atomic E-state index is 13.6. The van der Waals surface area contributed by atoms with Crippen LogP contribution in [0.5, 0.6) is 0 Å². The minimum Gasteiger partial charge on any atom is -0.390 e. The molecule has 0 aromatic carbocycles. The molecular formula is C27H40N4O2. The van der Waals surface area contributed by atoms with Gasteiger partial charge < -0.3 is 5.11 Å². The average Bonchev–Trinajstić information content (AvgIpc) is 3.20. The topological polar surface area (TPSA) is 80.9 Å². The standard InChI is InChI=1S/C27H40N4O2/c1-5-22-21-7-6-18-12-26(3,33)10-8-19(18)20(21)9-11-27(22,4)17(2)25(32)15-31-24-14-28-16-29-23(24)13-30-31/h13-14,16-22,33H,5-12,15H2,1-4H3/t17-,18+,19-,20+,21+,22-,26+,27+/m0/s1. The van der Waals surface area contributed by atoms with Crippen LogP contribution in [0.3, 0.4) is 0 Å². The van der Waals surface area contributed by atoms with E-state index in [1.807, 2.05) is 6.92 Å². The van der Waals surface area contributed by atoms with Crippen molar-refractivity contribution in [3.8, 4) is 0 Å². The van der Waals surface area contributed by atoms with Gasteiger partial charge in [0, 0.05) is 5.92 Å². The smallest absolute Gasteiger partial charge is 0.157 e. The molecule has 5 rings (SSSR count). The highest BCUT2D eigenvalue weighted by Crippen LogP contribution is 2.61. The van der Waals surface area contributed by atoms with Crippen LogP contribution in [-0.2, 0) is 11.3 Å². The number of aromatic nitrogens is 4. The number of rotatable bonds is 5. The molecule has 0 radical (unpaired) electrons. The van der Waals surface area contributed by atoms with E-state index in [-0.39, 0.29) is 23.7 Å². The summed E-state index contributed by atoms with van der Waals surface area (Å²) >= 11 is 0. The molecule has 3 aliphatic rings. The van der Waals surface area contributed by atoms with Crippen molar-refractivity contribution in [2.24, 2.45) is 40.9 Å². The summed E-state index contributed by atoms with van der Waals surface area (Å²) in [5.74, 6) is 3.79. The van der Waals surface area contributed by atoms with E-state index in [4.69, 9.17) is 0 Å². The summed E-state index contributed by atoms with van der Waals surface area (Å²) < 4.78 is 1.77. The Kier molecular flexibility index (Phi) is 5.87. The molecule has 0 amide bonds. The SMILES string of the molecule is CC[C@H]1[C@@H]2CC[C@@H]3C[C@](C)(O)CC[C@@H]3[C@H]2CC[C@]1(C)[C@@H](C)C(=O)Cn1ncc2ncncc21. The van der Waals surface area contributed by atoms with Crippen LogP contribution < -0.4 is 0 Å². The van der Waals surface area contributed by atoms with E-state index in [2.05, 4.69) is 35.8 Å². The Bertz CT molecular complexity index is 1020. The first-order chi connectivity index (χ1) is 15.7. The lowest BCUT2D eigenvalue weighted by molar-refractivity contribution is -0.139. The van der Waals surface area contributed by atoms with Gasteiger partial charge in [-0.15, -0.1) is 0 Å². The number of carbonyl (C=O) groups excluding carboxylic acids is 1. The second-order valence-electron chi connectivity index (χ2n) is 11.9. The van der Waals surface area contributed by atoms with Crippen LogP contribution in [0.4, 0.5) is 0 Å². The molecule has 0 unspecified atom stereocenters. The summed E-state index contributed by atoms with van der Waals surface area (Å²) in [6.45, 7) is 9.21. The van der Waals surface area contributed by atoms with Crippen LogP contribution in [0, 0.1) is 40.9 Å². The maximum Gasteiger partial charge on any atom is 0.157 e. The van der Waals surface area contributed by atoms with E-state index >= 15 is 0 Å². The van der Waals surface area contributed by atoms with Gasteiger partial charge >= 0.3 is 0 Å². The molecule has 0 aliphatic heterocycles. The van der Waals surface area contributed by atoms with Gasteiger partial charge in [-0.05, 0) is 86.9 Å². The molecule has 2 heterocycles. The number of Topliss-reactive ketones (excluding diaryl/α,β-unsaturated/α-hetero) is 1. The number of carbonyl (C=O) groups is 1. The zero-order valence-corrected chi connectivity index (χ0v) is 20.7. The molecule has 3 fully saturated rings. The van der Waals surface area contributed by atoms with Gasteiger partial charge in [0.25, 0.3) is 0 Å². The van der Waals surface area contributed by atoms with Crippen molar-refractivity contribution in [3.63, 3.8) is 0 Å². The van der Waals surface area contributed by atoms with Gasteiger partial charge in [0.1, 0.15) is 23.9 Å². The van der Waals surface area contributed by atoms with E-state index in [0.717, 1.165) is 48.6 Å². The van der Waals surface area contributed by atoms with Crippen molar-refractivity contribution >= 4 is 16.8 Å². The molecule has 180 valence electrons. The molecular weight excluding hydrogens is 412 g/mol. The van der Waals surface area contributed by atoms with Crippen LogP contribution in [0.15, 0.2) is 18.7 Å². The van der Waals surface area contributed by atoms with Gasteiger partial charge in [-0.3, -0.25) is 9.48 Å². The monoisotopic (exact) mass is 452 g/mol. The number of hydrogen-bond acceptors (Lipinski definition) is 5. The van der Waals surface area contributed by atoms with E-state index in [0.29, 0.717) is 17.8 Å². The molecule has 3 aliphatic carbocycles. The summed E-state index contributed by atoms with van der Waals surface area (Å²) in [6.07, 6.45) is 14.1. The quantitative estimate of drug-likeness (QED) is 0.686. The summed E-state index contributed by atoms with van der Waals surface area (Å²) in [5, 5.41) is 15.1. The van der Waals surface area contributed by atoms with Crippen molar-refractivity contribution in [3.05, 3.63) is 18.7 Å². The highest BCUT2D eigenvalue weighted by atomic mass is 16.3. The van der Waals surface area contributed by atoms with Crippen molar-refractivity contribution in [2.75, 3.05) is 0 Å². The number of fused-ring (bicyclic) bond motifs is 4. The van der Waals surface area contributed by atoms with Gasteiger partial charge in [0.2, 0.25) is 0 Å². The van der Waals surface area contributed by atoms with Gasteiger partial charge in [-0.25, -0.2) is 9.97 Å². The van der Waals surface area contributed by atoms with Gasteiger partial charge in [-0.1, -0.05) is 27.2 Å². The predicted molar refractivity (Wildman–Crippen MR) is 128 cm³/mol. The number of ketones is 1. The van der Waals surface area contributed by atoms with Gasteiger partial charge in [-0.2, -0.15) is 5.10 Å². The Morgan fingerprint density at radius 3 is 2.73 bits per heavy atom. The Hall–Kier alpha value is -1.82. The number of nitrogens with zero attached hydrogens (tertiary/aromatic N) is 4. The largest absolute Gasteiger partial charge is 0.390 e. The fraction of sp³-hybridized carbons (Fsp3) is 0.778. The zero-order valence-electron chi connectivity index (χ0n) is 20.7. The highest BCUT2D eigenvalue weighted by molar-refractivity contribution is 5.83. The second-order valence-corrected chi connectivity index (χ2v) is 11.9. The van der Waals surface area contributed by atoms with Crippen LogP contribution in [0.2, 0.25) is 0 Å². The molecule has 0 saturated heterocycles. The first kappa shape index (κ1) is 22.9. The van der Waals surface area contributed by atoms with Crippen LogP contribution in [0.25, 0.3) is 11.0 Å². The molecule has 0 spiro atoms. The first-order valence-corrected chi connectivity index (χ1v) is 13.1. The van der Waals surface area contributed by atoms with E-state index < -0.39 is 5.60 Å². The maximum atomic E-state index is 13.6. The number of hydrogen-bond donors (Lipinski definition) is 1. The average molecular weight is 453 g/mol. The van der Waals surface area contributed by atoms with E-state index in [1.165, 1.54) is 32.0 Å². The summed E-state index contributed by atoms with van der Waals surface area (Å²) in [5.41, 5.74) is 1.17. The van der Waals surface area contributed by atoms with Crippen LogP contribution >= 0.6 is 0 Å². The molecule has 0 bridgehead atoms. The lowest BCUT2D eigenvalue weighted by Crippen LogP contribution is -2.53. The van der Waals surface area contributed by atoms with Gasteiger partial charge in [0.15, 0.2) is 5.78 Å². The molecule has 2 aromatic heterocycles. The molecule has 1 N–H and O–H groups in total. The molecule has 8 atom stereocenters. The van der Waals surface area contributed by atoms with E-state index in [1.54, 1.807) is 17.1 Å². The lowest BCUT2D eigenvalue weighted by atomic mass is 9.46. The van der Waals surface area contributed by atoms with Crippen molar-refractivity contribution in [1.29, 1.82) is 0 Å². The minimum atomic E-state index is -0.468. The van der Waals surface area contributed by atoms with Gasteiger partial charge in [0.05, 0.1) is 18.0 Å². The second kappa shape index (κ2) is 8.44. The Balaban J connectivity index is 1.34. The molecule has 6 heteroatoms. The minimum absolute atomic E-state index is 0.00269. The molecule has 3 saturated carbocycles. The summed E-state index contributed by atoms with van der Waals surface area (Å²) in [7, 11) is 0. The number of aliphatic hydroxyl groups is 1. The van der Waals surface area contributed by atoms with E-state index in [9.17, 15) is 9.90 Å². The normalized spacial score (nSPS) is 39.6. The molecule has 33 heavy (non-hydrogen) atoms. The zero-order chi connectivity index (χ0) is 23.4. The van der Waals surface area contributed by atoms with Crippen LogP contribution in [0.1, 0.15) is 79.1 Å². The summed E-state index contributed by atoms with van der Waals surface area (Å²) in [6, 6.07) is 0. The lowest BCUT2D eigenvalue weighted by Gasteiger charge is -2.58. The van der Waals surface area contributed by atoms with Crippen molar-refractivity contribution < 1.29 is 9.90 Å². The Labute approximate surface area is 197 Å². The third-order valence-electron chi connectivity index (χ3n) is 10.2. The van der Waals surface area contributed by atoms with Crippen molar-refractivity contribution in [1.82, 2.24) is 19.7 Å². The third-order valence-corrected chi connectivity index (χ3v) is 10.2. The third kappa shape index (κ3) is 3.92. The Morgan fingerprint density at radius 1 is 1.15 bits per heavy atom. The molecule has 2 aromatic rings. The van der Waals surface area contributed by atoms with Crippen LogP contribution in [-0.4, -0.2) is 36.2 Å². The highest BCUT2D eigenvalue weighted by Gasteiger charge is 2.54. The first-order valence-electron chi connectivity index (χ1n) is 13.1. The fourth-order valence-corrected chi connectivity index (χ4v) is 8.33.